The zero-order valence-electron chi connectivity index (χ0n) is 23.4. The van der Waals surface area contributed by atoms with E-state index in [2.05, 4.69) is 4.90 Å². The molecule has 1 amide bonds. The number of methoxy groups -OCH3 is 3. The lowest BCUT2D eigenvalue weighted by Crippen LogP contribution is -2.42. The number of nitrogens with zero attached hydrogens (tertiary/aromatic N) is 2. The number of halogens is 1. The van der Waals surface area contributed by atoms with Gasteiger partial charge < -0.3 is 33.7 Å². The van der Waals surface area contributed by atoms with E-state index in [1.165, 1.54) is 38.4 Å². The molecule has 2 saturated heterocycles. The Morgan fingerprint density at radius 3 is 2.20 bits per heavy atom. The second-order valence-electron chi connectivity index (χ2n) is 9.72. The molecule has 0 radical (unpaired) electrons. The molecule has 4 rings (SSSR count). The molecule has 2 aromatic rings. The molecule has 1 atom stereocenters. The molecule has 0 aromatic heterocycles. The average molecular weight is 559 g/mol. The smallest absolute Gasteiger partial charge is 0.295 e. The monoisotopic (exact) mass is 558 g/mol. The van der Waals surface area contributed by atoms with Gasteiger partial charge in [0.25, 0.3) is 11.7 Å². The average Bonchev–Trinajstić information content (AvgIpc) is 3.21. The van der Waals surface area contributed by atoms with Crippen LogP contribution in [-0.4, -0.2) is 93.4 Å². The molecule has 0 spiro atoms. The molecule has 2 aromatic carbocycles. The van der Waals surface area contributed by atoms with Crippen molar-refractivity contribution in [3.8, 4) is 23.0 Å². The molecule has 216 valence electrons. The highest BCUT2D eigenvalue weighted by Gasteiger charge is 2.46. The van der Waals surface area contributed by atoms with Crippen molar-refractivity contribution in [1.29, 1.82) is 0 Å². The van der Waals surface area contributed by atoms with Gasteiger partial charge in [0.05, 0.1) is 52.3 Å². The fourth-order valence-electron chi connectivity index (χ4n) is 4.94. The van der Waals surface area contributed by atoms with Gasteiger partial charge in [0.1, 0.15) is 5.76 Å². The third-order valence-electron chi connectivity index (χ3n) is 6.87. The van der Waals surface area contributed by atoms with Crippen LogP contribution in [0.3, 0.4) is 0 Å². The highest BCUT2D eigenvalue weighted by atomic mass is 19.1. The van der Waals surface area contributed by atoms with Crippen LogP contribution in [0.2, 0.25) is 0 Å². The standard InChI is InChI=1S/C29H35FN2O8/c1-17(2)40-21-7-6-18(14-20(21)30)26(33)24-25(19-15-22(36-3)28(38-5)23(16-19)37-4)32(29(35)27(24)34)9-8-31-10-12-39-13-11-31/h6-7,14-17,25,33H,8-13H2,1-5H3/b26-24+/t25-/m1/s1. The maximum atomic E-state index is 14.9. The van der Waals surface area contributed by atoms with Crippen molar-refractivity contribution in [3.63, 3.8) is 0 Å². The van der Waals surface area contributed by atoms with Crippen molar-refractivity contribution < 1.29 is 42.8 Å². The van der Waals surface area contributed by atoms with Gasteiger partial charge in [0.2, 0.25) is 5.75 Å². The summed E-state index contributed by atoms with van der Waals surface area (Å²) in [7, 11) is 4.38. The predicted molar refractivity (Wildman–Crippen MR) is 145 cm³/mol. The molecule has 0 unspecified atom stereocenters. The SMILES string of the molecule is COc1cc([C@@H]2/C(=C(\O)c3ccc(OC(C)C)c(F)c3)C(=O)C(=O)N2CCN2CCOCC2)cc(OC)c1OC. The quantitative estimate of drug-likeness (QED) is 0.267. The van der Waals surface area contributed by atoms with E-state index >= 15 is 0 Å². The Bertz CT molecular complexity index is 1260. The second kappa shape index (κ2) is 12.6. The largest absolute Gasteiger partial charge is 0.507 e. The van der Waals surface area contributed by atoms with Crippen molar-refractivity contribution in [1.82, 2.24) is 9.80 Å². The van der Waals surface area contributed by atoms with Gasteiger partial charge in [-0.15, -0.1) is 0 Å². The third kappa shape index (κ3) is 5.85. The topological polar surface area (TPSA) is 107 Å². The number of rotatable bonds is 10. The van der Waals surface area contributed by atoms with Crippen LogP contribution in [0.5, 0.6) is 23.0 Å². The fraction of sp³-hybridized carbons (Fsp3) is 0.448. The van der Waals surface area contributed by atoms with Gasteiger partial charge in [-0.05, 0) is 49.7 Å². The lowest BCUT2D eigenvalue weighted by molar-refractivity contribution is -0.140. The van der Waals surface area contributed by atoms with Gasteiger partial charge in [-0.3, -0.25) is 14.5 Å². The molecule has 10 nitrogen and oxygen atoms in total. The van der Waals surface area contributed by atoms with E-state index in [1.807, 2.05) is 0 Å². The highest BCUT2D eigenvalue weighted by Crippen LogP contribution is 2.45. The summed E-state index contributed by atoms with van der Waals surface area (Å²) in [5, 5.41) is 11.4. The maximum Gasteiger partial charge on any atom is 0.295 e. The van der Waals surface area contributed by atoms with Gasteiger partial charge in [-0.2, -0.15) is 0 Å². The fourth-order valence-corrected chi connectivity index (χ4v) is 4.94. The van der Waals surface area contributed by atoms with Crippen LogP contribution >= 0.6 is 0 Å². The van der Waals surface area contributed by atoms with E-state index < -0.39 is 29.3 Å². The first-order chi connectivity index (χ1) is 19.2. The number of carbonyl (C=O) groups is 2. The number of benzene rings is 2. The van der Waals surface area contributed by atoms with Gasteiger partial charge in [-0.25, -0.2) is 4.39 Å². The number of amides is 1. The molecular weight excluding hydrogens is 523 g/mol. The van der Waals surface area contributed by atoms with Crippen LogP contribution in [0.1, 0.15) is 31.0 Å². The zero-order valence-corrected chi connectivity index (χ0v) is 23.4. The number of Topliss-reactive ketones (excluding diaryl/α,β-unsaturated/α-hetero) is 1. The minimum Gasteiger partial charge on any atom is -0.507 e. The molecule has 40 heavy (non-hydrogen) atoms. The Labute approximate surface area is 232 Å². The van der Waals surface area contributed by atoms with Crippen molar-refractivity contribution in [2.24, 2.45) is 0 Å². The lowest BCUT2D eigenvalue weighted by Gasteiger charge is -2.31. The summed E-state index contributed by atoms with van der Waals surface area (Å²) in [4.78, 5) is 30.4. The van der Waals surface area contributed by atoms with Crippen LogP contribution in [0, 0.1) is 5.82 Å². The van der Waals surface area contributed by atoms with Gasteiger partial charge >= 0.3 is 0 Å². The Kier molecular flexibility index (Phi) is 9.16. The van der Waals surface area contributed by atoms with E-state index in [-0.39, 0.29) is 29.5 Å². The van der Waals surface area contributed by atoms with E-state index in [4.69, 9.17) is 23.7 Å². The van der Waals surface area contributed by atoms with Gasteiger partial charge in [0.15, 0.2) is 23.1 Å². The predicted octanol–water partition coefficient (Wildman–Crippen LogP) is 3.39. The van der Waals surface area contributed by atoms with Crippen LogP contribution in [0.4, 0.5) is 4.39 Å². The number of hydrogen-bond donors (Lipinski definition) is 1. The molecule has 0 aliphatic carbocycles. The van der Waals surface area contributed by atoms with Crippen LogP contribution in [-0.2, 0) is 14.3 Å². The summed E-state index contributed by atoms with van der Waals surface area (Å²) in [5.41, 5.74) is 0.327. The molecule has 0 saturated carbocycles. The van der Waals surface area contributed by atoms with Crippen molar-refractivity contribution in [2.45, 2.75) is 26.0 Å². The van der Waals surface area contributed by atoms with Crippen molar-refractivity contribution in [3.05, 3.63) is 52.8 Å². The summed E-state index contributed by atoms with van der Waals surface area (Å²) in [5.74, 6) is -1.87. The van der Waals surface area contributed by atoms with Crippen LogP contribution in [0.25, 0.3) is 5.76 Å². The van der Waals surface area contributed by atoms with Gasteiger partial charge in [-0.1, -0.05) is 0 Å². The minimum absolute atomic E-state index is 0.0127. The third-order valence-corrected chi connectivity index (χ3v) is 6.87. The number of ether oxygens (including phenoxy) is 5. The Morgan fingerprint density at radius 2 is 1.65 bits per heavy atom. The van der Waals surface area contributed by atoms with Crippen molar-refractivity contribution in [2.75, 3.05) is 60.7 Å². The first-order valence-electron chi connectivity index (χ1n) is 13.0. The number of hydrogen-bond acceptors (Lipinski definition) is 9. The molecule has 11 heteroatoms. The number of morpholine rings is 1. The summed E-state index contributed by atoms with van der Waals surface area (Å²) in [6.07, 6.45) is -0.259. The van der Waals surface area contributed by atoms with E-state index in [9.17, 15) is 19.1 Å². The number of aliphatic hydroxyl groups is 1. The molecular formula is C29H35FN2O8. The lowest BCUT2D eigenvalue weighted by atomic mass is 9.94. The summed E-state index contributed by atoms with van der Waals surface area (Å²) in [6, 6.07) is 6.18. The molecule has 1 N–H and O–H groups in total. The molecule has 2 aliphatic rings. The van der Waals surface area contributed by atoms with Gasteiger partial charge in [0, 0.05) is 31.7 Å². The molecule has 2 fully saturated rings. The van der Waals surface area contributed by atoms with Crippen LogP contribution in [0.15, 0.2) is 35.9 Å². The number of likely N-dealkylation sites (tertiary alicyclic amines) is 1. The minimum atomic E-state index is -0.996. The van der Waals surface area contributed by atoms with E-state index in [0.29, 0.717) is 55.7 Å². The summed E-state index contributed by atoms with van der Waals surface area (Å²) < 4.78 is 42.2. The second-order valence-corrected chi connectivity index (χ2v) is 9.72. The first-order valence-corrected chi connectivity index (χ1v) is 13.0. The Balaban J connectivity index is 1.83. The van der Waals surface area contributed by atoms with E-state index in [1.54, 1.807) is 26.0 Å². The number of carbonyl (C=O) groups excluding carboxylic acids is 2. The maximum absolute atomic E-state index is 14.9. The van der Waals surface area contributed by atoms with Crippen molar-refractivity contribution >= 4 is 17.4 Å². The first kappa shape index (κ1) is 29.2. The Morgan fingerprint density at radius 1 is 1.00 bits per heavy atom. The zero-order chi connectivity index (χ0) is 29.0. The number of ketones is 1. The number of aliphatic hydroxyl groups excluding tert-OH is 1. The normalized spacial score (nSPS) is 19.3. The summed E-state index contributed by atoms with van der Waals surface area (Å²) in [6.45, 7) is 6.79. The molecule has 0 bridgehead atoms. The summed E-state index contributed by atoms with van der Waals surface area (Å²) >= 11 is 0. The Hall–Kier alpha value is -3.83. The molecule has 2 heterocycles. The van der Waals surface area contributed by atoms with Crippen LogP contribution < -0.4 is 18.9 Å². The van der Waals surface area contributed by atoms with E-state index in [0.717, 1.165) is 6.07 Å². The highest BCUT2D eigenvalue weighted by molar-refractivity contribution is 6.46. The molecule has 2 aliphatic heterocycles.